The van der Waals surface area contributed by atoms with Gasteiger partial charge in [-0.15, -0.1) is 0 Å². The van der Waals surface area contributed by atoms with Crippen molar-refractivity contribution < 1.29 is 17.9 Å². The maximum atomic E-state index is 14.2. The number of anilines is 1. The van der Waals surface area contributed by atoms with Gasteiger partial charge in [-0.1, -0.05) is 11.6 Å². The number of nitrogens with one attached hydrogen (secondary N) is 1. The highest BCUT2D eigenvalue weighted by Crippen LogP contribution is 2.36. The first kappa shape index (κ1) is 16.4. The first-order valence-corrected chi connectivity index (χ1v) is 7.54. The molecule has 3 aromatic rings. The molecule has 0 atom stereocenters. The molecule has 0 saturated carbocycles. The number of methoxy groups -OCH3 is 1. The zero-order valence-electron chi connectivity index (χ0n) is 13.0. The zero-order chi connectivity index (χ0) is 17.3. The molecule has 0 radical (unpaired) electrons. The van der Waals surface area contributed by atoms with Crippen LogP contribution in [0.25, 0.3) is 11.0 Å². The Morgan fingerprint density at radius 1 is 1.29 bits per heavy atom. The molecule has 0 saturated heterocycles. The predicted molar refractivity (Wildman–Crippen MR) is 86.7 cm³/mol. The fourth-order valence-electron chi connectivity index (χ4n) is 2.55. The van der Waals surface area contributed by atoms with Gasteiger partial charge in [-0.25, -0.2) is 18.7 Å². The van der Waals surface area contributed by atoms with Crippen molar-refractivity contribution in [1.29, 1.82) is 0 Å². The second-order valence-electron chi connectivity index (χ2n) is 5.12. The lowest BCUT2D eigenvalue weighted by molar-refractivity contribution is 0.402. The van der Waals surface area contributed by atoms with Gasteiger partial charge in [0.2, 0.25) is 0 Å². The van der Waals surface area contributed by atoms with Crippen molar-refractivity contribution in [2.75, 3.05) is 19.0 Å². The minimum absolute atomic E-state index is 0.104. The molecule has 5 nitrogen and oxygen atoms in total. The molecule has 1 aromatic carbocycles. The highest BCUT2D eigenvalue weighted by molar-refractivity contribution is 6.29. The molecule has 0 spiro atoms. The van der Waals surface area contributed by atoms with Crippen LogP contribution in [0, 0.1) is 18.6 Å². The smallest absolute Gasteiger partial charge is 0.179 e. The summed E-state index contributed by atoms with van der Waals surface area (Å²) in [7, 11) is 1.38. The molecular formula is C16H14ClF2N3O2. The molecule has 0 aliphatic heterocycles. The van der Waals surface area contributed by atoms with Gasteiger partial charge in [-0.2, -0.15) is 0 Å². The van der Waals surface area contributed by atoms with E-state index in [1.807, 2.05) is 0 Å². The Morgan fingerprint density at radius 3 is 2.79 bits per heavy atom. The lowest BCUT2D eigenvalue weighted by atomic mass is 10.1. The van der Waals surface area contributed by atoms with Crippen LogP contribution in [0.15, 0.2) is 22.9 Å². The lowest BCUT2D eigenvalue weighted by Crippen LogP contribution is -2.07. The standard InChI is InChI=1S/C16H14ClF2N3O2/c1-8-9(3-4-20-13-6-12(17)21-7-22-13)14-15(19)10(18)5-11(23-2)16(14)24-8/h5-7H,3-4H2,1-2H3,(H,20,21,22). The number of aryl methyl sites for hydroxylation is 1. The monoisotopic (exact) mass is 353 g/mol. The fraction of sp³-hybridized carbons (Fsp3) is 0.250. The normalized spacial score (nSPS) is 11.0. The molecule has 2 heterocycles. The average Bonchev–Trinajstić information content (AvgIpc) is 2.88. The lowest BCUT2D eigenvalue weighted by Gasteiger charge is -2.06. The molecule has 0 aliphatic carbocycles. The zero-order valence-corrected chi connectivity index (χ0v) is 13.7. The van der Waals surface area contributed by atoms with E-state index in [2.05, 4.69) is 15.3 Å². The van der Waals surface area contributed by atoms with Gasteiger partial charge in [0.1, 0.15) is 23.1 Å². The third-order valence-electron chi connectivity index (χ3n) is 3.65. The van der Waals surface area contributed by atoms with Crippen molar-refractivity contribution in [3.8, 4) is 5.75 Å². The summed E-state index contributed by atoms with van der Waals surface area (Å²) in [6, 6.07) is 2.55. The van der Waals surface area contributed by atoms with Crippen LogP contribution < -0.4 is 10.1 Å². The average molecular weight is 354 g/mol. The number of fused-ring (bicyclic) bond motifs is 1. The summed E-state index contributed by atoms with van der Waals surface area (Å²) in [5, 5.41) is 3.47. The molecule has 0 aliphatic rings. The maximum Gasteiger partial charge on any atom is 0.179 e. The van der Waals surface area contributed by atoms with Crippen molar-refractivity contribution in [3.63, 3.8) is 0 Å². The van der Waals surface area contributed by atoms with Crippen LogP contribution in [0.2, 0.25) is 5.15 Å². The van der Waals surface area contributed by atoms with E-state index in [0.29, 0.717) is 35.3 Å². The van der Waals surface area contributed by atoms with E-state index in [-0.39, 0.29) is 16.7 Å². The molecule has 24 heavy (non-hydrogen) atoms. The molecule has 2 aromatic heterocycles. The summed E-state index contributed by atoms with van der Waals surface area (Å²) in [5.74, 6) is -0.700. The Balaban J connectivity index is 1.89. The number of aromatic nitrogens is 2. The minimum Gasteiger partial charge on any atom is -0.493 e. The van der Waals surface area contributed by atoms with E-state index in [9.17, 15) is 8.78 Å². The second-order valence-corrected chi connectivity index (χ2v) is 5.51. The van der Waals surface area contributed by atoms with E-state index in [0.717, 1.165) is 6.07 Å². The van der Waals surface area contributed by atoms with E-state index >= 15 is 0 Å². The third kappa shape index (κ3) is 2.99. The van der Waals surface area contributed by atoms with Crippen molar-refractivity contribution in [2.45, 2.75) is 13.3 Å². The van der Waals surface area contributed by atoms with Crippen LogP contribution in [0.5, 0.6) is 5.75 Å². The van der Waals surface area contributed by atoms with E-state index in [1.165, 1.54) is 13.4 Å². The summed E-state index contributed by atoms with van der Waals surface area (Å²) >= 11 is 5.79. The van der Waals surface area contributed by atoms with Crippen molar-refractivity contribution in [2.24, 2.45) is 0 Å². The molecular weight excluding hydrogens is 340 g/mol. The summed E-state index contributed by atoms with van der Waals surface area (Å²) in [4.78, 5) is 7.81. The molecule has 1 N–H and O–H groups in total. The van der Waals surface area contributed by atoms with Crippen LogP contribution in [0.3, 0.4) is 0 Å². The Labute approximate surface area is 141 Å². The molecule has 0 fully saturated rings. The van der Waals surface area contributed by atoms with Gasteiger partial charge >= 0.3 is 0 Å². The number of furan rings is 1. The third-order valence-corrected chi connectivity index (χ3v) is 3.86. The Morgan fingerprint density at radius 2 is 2.08 bits per heavy atom. The van der Waals surface area contributed by atoms with Crippen molar-refractivity contribution in [1.82, 2.24) is 9.97 Å². The molecule has 3 rings (SSSR count). The van der Waals surface area contributed by atoms with Gasteiger partial charge in [-0.05, 0) is 13.3 Å². The first-order valence-electron chi connectivity index (χ1n) is 7.16. The van der Waals surface area contributed by atoms with Crippen LogP contribution in [0.4, 0.5) is 14.6 Å². The van der Waals surface area contributed by atoms with Crippen LogP contribution in [0.1, 0.15) is 11.3 Å². The molecule has 0 amide bonds. The number of hydrogen-bond donors (Lipinski definition) is 1. The predicted octanol–water partition coefficient (Wildman–Crippen LogP) is 4.13. The van der Waals surface area contributed by atoms with E-state index in [4.69, 9.17) is 20.8 Å². The summed E-state index contributed by atoms with van der Waals surface area (Å²) in [5.41, 5.74) is 0.780. The minimum atomic E-state index is -0.975. The number of rotatable bonds is 5. The first-order chi connectivity index (χ1) is 11.5. The topological polar surface area (TPSA) is 60.2 Å². The maximum absolute atomic E-state index is 14.2. The van der Waals surface area contributed by atoms with E-state index in [1.54, 1.807) is 13.0 Å². The Hall–Kier alpha value is -2.41. The van der Waals surface area contributed by atoms with Gasteiger partial charge in [0.25, 0.3) is 0 Å². The molecule has 0 unspecified atom stereocenters. The van der Waals surface area contributed by atoms with Crippen LogP contribution in [-0.2, 0) is 6.42 Å². The molecule has 126 valence electrons. The highest BCUT2D eigenvalue weighted by atomic mass is 35.5. The highest BCUT2D eigenvalue weighted by Gasteiger charge is 2.22. The number of halogens is 3. The van der Waals surface area contributed by atoms with E-state index < -0.39 is 11.6 Å². The van der Waals surface area contributed by atoms with Crippen molar-refractivity contribution in [3.05, 3.63) is 46.6 Å². The number of nitrogens with zero attached hydrogens (tertiary/aromatic N) is 2. The van der Waals surface area contributed by atoms with Crippen LogP contribution >= 0.6 is 11.6 Å². The summed E-state index contributed by atoms with van der Waals surface area (Å²) in [6.45, 7) is 2.13. The number of benzene rings is 1. The van der Waals surface area contributed by atoms with Gasteiger partial charge in [0.05, 0.1) is 12.5 Å². The number of hydrogen-bond acceptors (Lipinski definition) is 5. The summed E-state index contributed by atoms with van der Waals surface area (Å²) < 4.78 is 38.7. The quantitative estimate of drug-likeness (QED) is 0.699. The van der Waals surface area contributed by atoms with Gasteiger partial charge < -0.3 is 14.5 Å². The SMILES string of the molecule is COc1cc(F)c(F)c2c(CCNc3cc(Cl)ncn3)c(C)oc12. The van der Waals surface area contributed by atoms with Gasteiger partial charge in [-0.3, -0.25) is 0 Å². The summed E-state index contributed by atoms with van der Waals surface area (Å²) in [6.07, 6.45) is 1.74. The largest absolute Gasteiger partial charge is 0.493 e. The fourth-order valence-corrected chi connectivity index (χ4v) is 2.69. The molecule has 8 heteroatoms. The Bertz CT molecular complexity index is 899. The molecule has 0 bridgehead atoms. The van der Waals surface area contributed by atoms with Gasteiger partial charge in [0.15, 0.2) is 23.0 Å². The van der Waals surface area contributed by atoms with Crippen LogP contribution in [-0.4, -0.2) is 23.6 Å². The van der Waals surface area contributed by atoms with Crippen molar-refractivity contribution >= 4 is 28.4 Å². The van der Waals surface area contributed by atoms with Gasteiger partial charge in [0, 0.05) is 24.2 Å². The number of ether oxygens (including phenoxy) is 1. The second kappa shape index (κ2) is 6.60. The Kier molecular flexibility index (Phi) is 4.53.